The average molecular weight is 289 g/mol. The molecule has 2 aromatic rings. The molecule has 1 N–H and O–H groups in total. The summed E-state index contributed by atoms with van der Waals surface area (Å²) in [6.07, 6.45) is 0.747. The molecule has 3 rings (SSSR count). The maximum atomic E-state index is 11.7. The average Bonchev–Trinajstić information content (AvgIpc) is 2.80. The van der Waals surface area contributed by atoms with Crippen molar-refractivity contribution in [2.75, 3.05) is 18.6 Å². The Bertz CT molecular complexity index is 719. The Balaban J connectivity index is 2.04. The van der Waals surface area contributed by atoms with Crippen LogP contribution >= 0.6 is 0 Å². The number of rotatable bonds is 3. The van der Waals surface area contributed by atoms with Gasteiger partial charge in [-0.3, -0.25) is 0 Å². The summed E-state index contributed by atoms with van der Waals surface area (Å²) >= 11 is 0. The van der Waals surface area contributed by atoms with Gasteiger partial charge in [0.15, 0.2) is 9.84 Å². The highest BCUT2D eigenvalue weighted by Crippen LogP contribution is 2.34. The highest BCUT2D eigenvalue weighted by molar-refractivity contribution is 7.91. The first-order chi connectivity index (χ1) is 9.61. The third-order valence-electron chi connectivity index (χ3n) is 4.21. The second kappa shape index (κ2) is 5.19. The minimum Gasteiger partial charge on any atom is -0.313 e. The molecule has 0 aromatic heterocycles. The van der Waals surface area contributed by atoms with Crippen LogP contribution in [0, 0.1) is 5.92 Å². The van der Waals surface area contributed by atoms with Crippen LogP contribution in [-0.2, 0) is 9.84 Å². The lowest BCUT2D eigenvalue weighted by molar-refractivity contribution is 0.421. The summed E-state index contributed by atoms with van der Waals surface area (Å²) in [4.78, 5) is 0. The summed E-state index contributed by atoms with van der Waals surface area (Å²) in [5.74, 6) is 0.776. The van der Waals surface area contributed by atoms with E-state index in [2.05, 4.69) is 29.6 Å². The number of hydrogen-bond acceptors (Lipinski definition) is 3. The van der Waals surface area contributed by atoms with Gasteiger partial charge in [0.25, 0.3) is 0 Å². The first-order valence-corrected chi connectivity index (χ1v) is 8.78. The van der Waals surface area contributed by atoms with E-state index in [1.54, 1.807) is 0 Å². The van der Waals surface area contributed by atoms with Gasteiger partial charge in [-0.15, -0.1) is 0 Å². The van der Waals surface area contributed by atoms with Crippen LogP contribution in [0.4, 0.5) is 0 Å². The Morgan fingerprint density at radius 2 is 1.90 bits per heavy atom. The lowest BCUT2D eigenvalue weighted by atomic mass is 9.89. The number of nitrogens with one attached hydrogen (secondary N) is 1. The molecule has 0 radical (unpaired) electrons. The van der Waals surface area contributed by atoms with Gasteiger partial charge in [-0.1, -0.05) is 42.5 Å². The standard InChI is InChI=1S/C16H19NO2S/c1-17-16(13-9-10-20(18,19)11-13)15-8-4-6-12-5-2-3-7-14(12)15/h2-8,13,16-17H,9-11H2,1H3. The van der Waals surface area contributed by atoms with Crippen LogP contribution < -0.4 is 5.32 Å². The van der Waals surface area contributed by atoms with Crippen molar-refractivity contribution >= 4 is 20.6 Å². The molecule has 20 heavy (non-hydrogen) atoms. The molecule has 1 heterocycles. The largest absolute Gasteiger partial charge is 0.313 e. The van der Waals surface area contributed by atoms with Crippen LogP contribution in [0.5, 0.6) is 0 Å². The van der Waals surface area contributed by atoms with E-state index in [1.807, 2.05) is 25.2 Å². The molecule has 3 nitrogen and oxygen atoms in total. The molecule has 0 aliphatic carbocycles. The fraction of sp³-hybridized carbons (Fsp3) is 0.375. The van der Waals surface area contributed by atoms with E-state index in [4.69, 9.17) is 0 Å². The van der Waals surface area contributed by atoms with Gasteiger partial charge in [-0.25, -0.2) is 8.42 Å². The molecule has 2 atom stereocenters. The Labute approximate surface area is 119 Å². The van der Waals surface area contributed by atoms with Crippen molar-refractivity contribution in [3.63, 3.8) is 0 Å². The van der Waals surface area contributed by atoms with Gasteiger partial charge in [0, 0.05) is 6.04 Å². The Morgan fingerprint density at radius 3 is 2.60 bits per heavy atom. The predicted molar refractivity (Wildman–Crippen MR) is 82.5 cm³/mol. The first kappa shape index (κ1) is 13.6. The molecule has 1 fully saturated rings. The number of sulfone groups is 1. The smallest absolute Gasteiger partial charge is 0.150 e. The van der Waals surface area contributed by atoms with Crippen molar-refractivity contribution in [1.29, 1.82) is 0 Å². The van der Waals surface area contributed by atoms with Crippen LogP contribution in [0.1, 0.15) is 18.0 Å². The van der Waals surface area contributed by atoms with E-state index in [0.717, 1.165) is 6.42 Å². The first-order valence-electron chi connectivity index (χ1n) is 6.96. The molecule has 106 valence electrons. The summed E-state index contributed by atoms with van der Waals surface area (Å²) in [7, 11) is -0.938. The molecule has 1 aliphatic rings. The zero-order valence-corrected chi connectivity index (χ0v) is 12.4. The third kappa shape index (κ3) is 2.45. The minimum atomic E-state index is -2.85. The van der Waals surface area contributed by atoms with Crippen LogP contribution in [0.3, 0.4) is 0 Å². The van der Waals surface area contributed by atoms with Crippen molar-refractivity contribution in [2.45, 2.75) is 12.5 Å². The van der Waals surface area contributed by atoms with E-state index < -0.39 is 9.84 Å². The van der Waals surface area contributed by atoms with Gasteiger partial charge in [-0.2, -0.15) is 0 Å². The van der Waals surface area contributed by atoms with E-state index in [0.29, 0.717) is 11.5 Å². The van der Waals surface area contributed by atoms with E-state index in [-0.39, 0.29) is 12.0 Å². The highest BCUT2D eigenvalue weighted by Gasteiger charge is 2.34. The second-order valence-electron chi connectivity index (χ2n) is 5.50. The molecule has 0 spiro atoms. The molecule has 4 heteroatoms. The summed E-state index contributed by atoms with van der Waals surface area (Å²) in [6.45, 7) is 0. The van der Waals surface area contributed by atoms with Crippen molar-refractivity contribution < 1.29 is 8.42 Å². The van der Waals surface area contributed by atoms with E-state index in [1.165, 1.54) is 16.3 Å². The van der Waals surface area contributed by atoms with Crippen molar-refractivity contribution in [1.82, 2.24) is 5.32 Å². The van der Waals surface area contributed by atoms with E-state index >= 15 is 0 Å². The summed E-state index contributed by atoms with van der Waals surface area (Å²) < 4.78 is 23.5. The van der Waals surface area contributed by atoms with Crippen molar-refractivity contribution in [2.24, 2.45) is 5.92 Å². The molecule has 1 aliphatic heterocycles. The van der Waals surface area contributed by atoms with Crippen LogP contribution in [0.15, 0.2) is 42.5 Å². The van der Waals surface area contributed by atoms with Crippen LogP contribution in [0.2, 0.25) is 0 Å². The maximum absolute atomic E-state index is 11.7. The van der Waals surface area contributed by atoms with Crippen molar-refractivity contribution in [3.8, 4) is 0 Å². The lowest BCUT2D eigenvalue weighted by Gasteiger charge is -2.24. The normalized spacial score (nSPS) is 22.9. The molecule has 0 saturated carbocycles. The molecule has 2 aromatic carbocycles. The Kier molecular flexibility index (Phi) is 3.52. The zero-order valence-electron chi connectivity index (χ0n) is 11.5. The summed E-state index contributed by atoms with van der Waals surface area (Å²) in [5, 5.41) is 5.73. The highest BCUT2D eigenvalue weighted by atomic mass is 32.2. The number of hydrogen-bond donors (Lipinski definition) is 1. The molecule has 0 amide bonds. The minimum absolute atomic E-state index is 0.0957. The molecular weight excluding hydrogens is 270 g/mol. The maximum Gasteiger partial charge on any atom is 0.150 e. The lowest BCUT2D eigenvalue weighted by Crippen LogP contribution is -2.26. The summed E-state index contributed by atoms with van der Waals surface area (Å²) in [6, 6.07) is 14.6. The fourth-order valence-electron chi connectivity index (χ4n) is 3.25. The third-order valence-corrected chi connectivity index (χ3v) is 6.00. The van der Waals surface area contributed by atoms with Crippen molar-refractivity contribution in [3.05, 3.63) is 48.0 Å². The monoisotopic (exact) mass is 289 g/mol. The second-order valence-corrected chi connectivity index (χ2v) is 7.73. The molecule has 1 saturated heterocycles. The number of benzene rings is 2. The summed E-state index contributed by atoms with van der Waals surface area (Å²) in [5.41, 5.74) is 1.20. The van der Waals surface area contributed by atoms with Crippen LogP contribution in [-0.4, -0.2) is 27.0 Å². The quantitative estimate of drug-likeness (QED) is 0.944. The van der Waals surface area contributed by atoms with Gasteiger partial charge in [0.2, 0.25) is 0 Å². The van der Waals surface area contributed by atoms with Gasteiger partial charge in [-0.05, 0) is 35.7 Å². The Morgan fingerprint density at radius 1 is 1.15 bits per heavy atom. The van der Waals surface area contributed by atoms with E-state index in [9.17, 15) is 8.42 Å². The molecule has 0 bridgehead atoms. The zero-order chi connectivity index (χ0) is 14.2. The Hall–Kier alpha value is -1.39. The SMILES string of the molecule is CNC(c1cccc2ccccc12)C1CCS(=O)(=O)C1. The fourth-order valence-corrected chi connectivity index (χ4v) is 5.09. The molecule has 2 unspecified atom stereocenters. The van der Waals surface area contributed by atoms with Crippen LogP contribution in [0.25, 0.3) is 10.8 Å². The van der Waals surface area contributed by atoms with Gasteiger partial charge in [0.05, 0.1) is 11.5 Å². The predicted octanol–water partition coefficient (Wildman–Crippen LogP) is 2.54. The van der Waals surface area contributed by atoms with Gasteiger partial charge < -0.3 is 5.32 Å². The topological polar surface area (TPSA) is 46.2 Å². The van der Waals surface area contributed by atoms with Gasteiger partial charge in [0.1, 0.15) is 0 Å². The molecular formula is C16H19NO2S. The van der Waals surface area contributed by atoms with Gasteiger partial charge >= 0.3 is 0 Å². The number of fused-ring (bicyclic) bond motifs is 1.